The molecule has 1 atom stereocenters. The van der Waals surface area contributed by atoms with Crippen LogP contribution in [0.5, 0.6) is 0 Å². The zero-order valence-electron chi connectivity index (χ0n) is 10.2. The Balaban J connectivity index is 2.17. The molecule has 0 amide bonds. The molecule has 18 heavy (non-hydrogen) atoms. The molecule has 1 aromatic heterocycles. The van der Waals surface area contributed by atoms with Gasteiger partial charge in [-0.25, -0.2) is 4.98 Å². The van der Waals surface area contributed by atoms with E-state index < -0.39 is 11.9 Å². The molecule has 0 aromatic carbocycles. The lowest BCUT2D eigenvalue weighted by Crippen LogP contribution is -2.20. The fraction of sp³-hybridized carbons (Fsp3) is 0.462. The molecule has 1 aliphatic rings. The van der Waals surface area contributed by atoms with Gasteiger partial charge in [0.2, 0.25) is 0 Å². The van der Waals surface area contributed by atoms with Crippen LogP contribution in [0.2, 0.25) is 0 Å². The third-order valence-corrected chi connectivity index (χ3v) is 3.17. The molecule has 0 radical (unpaired) electrons. The number of aromatic nitrogens is 1. The lowest BCUT2D eigenvalue weighted by molar-refractivity contribution is -0.140. The van der Waals surface area contributed by atoms with E-state index in [1.807, 2.05) is 6.07 Å². The molecule has 0 spiro atoms. The van der Waals surface area contributed by atoms with Crippen molar-refractivity contribution in [1.82, 2.24) is 4.98 Å². The van der Waals surface area contributed by atoms with Crippen LogP contribution in [0, 0.1) is 17.2 Å². The van der Waals surface area contributed by atoms with Gasteiger partial charge in [0.15, 0.2) is 0 Å². The number of rotatable bonds is 4. The van der Waals surface area contributed by atoms with Crippen molar-refractivity contribution in [2.75, 3.05) is 11.9 Å². The van der Waals surface area contributed by atoms with Crippen molar-refractivity contribution >= 4 is 11.8 Å². The Labute approximate surface area is 105 Å². The molecule has 1 aliphatic carbocycles. The van der Waals surface area contributed by atoms with Gasteiger partial charge in [-0.15, -0.1) is 0 Å². The van der Waals surface area contributed by atoms with Gasteiger partial charge in [-0.3, -0.25) is 4.79 Å². The molecule has 2 N–H and O–H groups in total. The van der Waals surface area contributed by atoms with E-state index in [4.69, 9.17) is 10.4 Å². The smallest absolute Gasteiger partial charge is 0.308 e. The second kappa shape index (κ2) is 5.05. The molecule has 94 valence electrons. The average Bonchev–Trinajstić information content (AvgIpc) is 2.81. The first kappa shape index (κ1) is 12.4. The first-order chi connectivity index (χ1) is 8.61. The SMILES string of the molecule is CC(CNc1nc2c(cc1C#N)CCC2)C(=O)O. The summed E-state index contributed by atoms with van der Waals surface area (Å²) in [5, 5.41) is 20.9. The normalized spacial score (nSPS) is 14.7. The molecule has 0 saturated carbocycles. The highest BCUT2D eigenvalue weighted by Crippen LogP contribution is 2.24. The number of nitriles is 1. The van der Waals surface area contributed by atoms with Crippen molar-refractivity contribution in [2.45, 2.75) is 26.2 Å². The molecular formula is C13H15N3O2. The summed E-state index contributed by atoms with van der Waals surface area (Å²) in [7, 11) is 0. The first-order valence-corrected chi connectivity index (χ1v) is 6.01. The van der Waals surface area contributed by atoms with E-state index in [2.05, 4.69) is 16.4 Å². The summed E-state index contributed by atoms with van der Waals surface area (Å²) in [6.45, 7) is 1.89. The molecule has 0 saturated heterocycles. The monoisotopic (exact) mass is 245 g/mol. The van der Waals surface area contributed by atoms with E-state index in [1.54, 1.807) is 6.92 Å². The van der Waals surface area contributed by atoms with E-state index in [0.717, 1.165) is 30.5 Å². The average molecular weight is 245 g/mol. The maximum atomic E-state index is 10.7. The summed E-state index contributed by atoms with van der Waals surface area (Å²) in [4.78, 5) is 15.2. The summed E-state index contributed by atoms with van der Waals surface area (Å²) in [6, 6.07) is 3.97. The highest BCUT2D eigenvalue weighted by Gasteiger charge is 2.17. The van der Waals surface area contributed by atoms with Crippen LogP contribution in [0.1, 0.15) is 30.2 Å². The zero-order valence-corrected chi connectivity index (χ0v) is 10.2. The van der Waals surface area contributed by atoms with Gasteiger partial charge in [0.05, 0.1) is 11.5 Å². The number of aliphatic carboxylic acids is 1. The largest absolute Gasteiger partial charge is 0.481 e. The Bertz CT molecular complexity index is 520. The predicted octanol–water partition coefficient (Wildman–Crippen LogP) is 1.57. The number of hydrogen-bond donors (Lipinski definition) is 2. The van der Waals surface area contributed by atoms with Gasteiger partial charge in [0.25, 0.3) is 0 Å². The Kier molecular flexibility index (Phi) is 3.47. The third-order valence-electron chi connectivity index (χ3n) is 3.17. The molecule has 5 nitrogen and oxygen atoms in total. The molecule has 0 fully saturated rings. The zero-order chi connectivity index (χ0) is 13.1. The summed E-state index contributed by atoms with van der Waals surface area (Å²) in [5.41, 5.74) is 2.66. The Hall–Kier alpha value is -2.09. The number of anilines is 1. The Morgan fingerprint density at radius 3 is 3.11 bits per heavy atom. The lowest BCUT2D eigenvalue weighted by Gasteiger charge is -2.11. The maximum absolute atomic E-state index is 10.7. The summed E-state index contributed by atoms with van der Waals surface area (Å²) in [5.74, 6) is -0.861. The van der Waals surface area contributed by atoms with Gasteiger partial charge in [-0.05, 0) is 30.9 Å². The summed E-state index contributed by atoms with van der Waals surface area (Å²) >= 11 is 0. The van der Waals surface area contributed by atoms with Crippen molar-refractivity contribution in [3.63, 3.8) is 0 Å². The molecule has 1 aromatic rings. The molecule has 2 rings (SSSR count). The molecule has 5 heteroatoms. The number of nitrogens with zero attached hydrogens (tertiary/aromatic N) is 2. The van der Waals surface area contributed by atoms with Gasteiger partial charge in [0, 0.05) is 12.2 Å². The van der Waals surface area contributed by atoms with Gasteiger partial charge in [-0.1, -0.05) is 6.92 Å². The fourth-order valence-corrected chi connectivity index (χ4v) is 2.03. The van der Waals surface area contributed by atoms with Crippen LogP contribution in [-0.4, -0.2) is 22.6 Å². The van der Waals surface area contributed by atoms with Crippen LogP contribution in [0.3, 0.4) is 0 Å². The second-order valence-corrected chi connectivity index (χ2v) is 4.58. The van der Waals surface area contributed by atoms with E-state index in [0.29, 0.717) is 11.4 Å². The molecule has 1 unspecified atom stereocenters. The lowest BCUT2D eigenvalue weighted by atomic mass is 10.1. The number of aryl methyl sites for hydroxylation is 2. The van der Waals surface area contributed by atoms with E-state index in [-0.39, 0.29) is 6.54 Å². The quantitative estimate of drug-likeness (QED) is 0.841. The minimum absolute atomic E-state index is 0.274. The minimum Gasteiger partial charge on any atom is -0.481 e. The number of hydrogen-bond acceptors (Lipinski definition) is 4. The van der Waals surface area contributed by atoms with Crippen molar-refractivity contribution in [3.05, 3.63) is 22.9 Å². The summed E-state index contributed by atoms with van der Waals surface area (Å²) < 4.78 is 0. The maximum Gasteiger partial charge on any atom is 0.308 e. The van der Waals surface area contributed by atoms with Crippen LogP contribution >= 0.6 is 0 Å². The number of carboxylic acids is 1. The molecule has 1 heterocycles. The van der Waals surface area contributed by atoms with Crippen molar-refractivity contribution in [3.8, 4) is 6.07 Å². The van der Waals surface area contributed by atoms with Crippen molar-refractivity contribution in [2.24, 2.45) is 5.92 Å². The standard InChI is InChI=1S/C13H15N3O2/c1-8(13(17)18)7-15-12-10(6-14)5-9-3-2-4-11(9)16-12/h5,8H,2-4,7H2,1H3,(H,15,16)(H,17,18). The van der Waals surface area contributed by atoms with Crippen LogP contribution < -0.4 is 5.32 Å². The number of carboxylic acid groups (broad SMARTS) is 1. The van der Waals surface area contributed by atoms with Crippen LogP contribution in [0.25, 0.3) is 0 Å². The van der Waals surface area contributed by atoms with Gasteiger partial charge < -0.3 is 10.4 Å². The Morgan fingerprint density at radius 2 is 2.44 bits per heavy atom. The minimum atomic E-state index is -0.859. The van der Waals surface area contributed by atoms with E-state index in [1.165, 1.54) is 0 Å². The third kappa shape index (κ3) is 2.43. The van der Waals surface area contributed by atoms with Gasteiger partial charge in [0.1, 0.15) is 11.9 Å². The number of fused-ring (bicyclic) bond motifs is 1. The predicted molar refractivity (Wildman–Crippen MR) is 66.3 cm³/mol. The number of carbonyl (C=O) groups is 1. The number of nitrogens with one attached hydrogen (secondary N) is 1. The van der Waals surface area contributed by atoms with Crippen LogP contribution in [0.15, 0.2) is 6.07 Å². The Morgan fingerprint density at radius 1 is 1.67 bits per heavy atom. The molecular weight excluding hydrogens is 230 g/mol. The van der Waals surface area contributed by atoms with Crippen LogP contribution in [-0.2, 0) is 17.6 Å². The van der Waals surface area contributed by atoms with Crippen molar-refractivity contribution < 1.29 is 9.90 Å². The topological polar surface area (TPSA) is 86.0 Å². The van der Waals surface area contributed by atoms with Crippen molar-refractivity contribution in [1.29, 1.82) is 5.26 Å². The molecule has 0 aliphatic heterocycles. The molecule has 0 bridgehead atoms. The number of pyridine rings is 1. The first-order valence-electron chi connectivity index (χ1n) is 6.01. The fourth-order valence-electron chi connectivity index (χ4n) is 2.03. The van der Waals surface area contributed by atoms with E-state index in [9.17, 15) is 4.79 Å². The van der Waals surface area contributed by atoms with Gasteiger partial charge in [-0.2, -0.15) is 5.26 Å². The second-order valence-electron chi connectivity index (χ2n) is 4.58. The van der Waals surface area contributed by atoms with E-state index >= 15 is 0 Å². The highest BCUT2D eigenvalue weighted by molar-refractivity contribution is 5.70. The highest BCUT2D eigenvalue weighted by atomic mass is 16.4. The summed E-state index contributed by atoms with van der Waals surface area (Å²) in [6.07, 6.45) is 2.98. The van der Waals surface area contributed by atoms with Crippen LogP contribution in [0.4, 0.5) is 5.82 Å². The van der Waals surface area contributed by atoms with Gasteiger partial charge >= 0.3 is 5.97 Å².